The van der Waals surface area contributed by atoms with Gasteiger partial charge in [0.15, 0.2) is 0 Å². The Kier molecular flexibility index (Phi) is 5.20. The third-order valence-corrected chi connectivity index (χ3v) is 5.13. The van der Waals surface area contributed by atoms with E-state index in [1.807, 2.05) is 48.5 Å². The van der Waals surface area contributed by atoms with Gasteiger partial charge in [-0.1, -0.05) is 24.3 Å². The van der Waals surface area contributed by atoms with Crippen LogP contribution in [0.4, 0.5) is 0 Å². The highest BCUT2D eigenvalue weighted by molar-refractivity contribution is 8.00. The van der Waals surface area contributed by atoms with E-state index in [1.165, 1.54) is 0 Å². The molecule has 0 aliphatic carbocycles. The van der Waals surface area contributed by atoms with E-state index in [-0.39, 0.29) is 0 Å². The van der Waals surface area contributed by atoms with E-state index < -0.39 is 10.8 Å². The zero-order valence-corrected chi connectivity index (χ0v) is 11.9. The minimum absolute atomic E-state index is 0.617. The molecule has 0 heterocycles. The number of nitriles is 1. The van der Waals surface area contributed by atoms with Crippen molar-refractivity contribution in [3.63, 3.8) is 0 Å². The van der Waals surface area contributed by atoms with E-state index in [4.69, 9.17) is 5.26 Å². The summed E-state index contributed by atoms with van der Waals surface area (Å²) in [6, 6.07) is 19.1. The first-order valence-electron chi connectivity index (χ1n) is 5.86. The third kappa shape index (κ3) is 4.23. The predicted molar refractivity (Wildman–Crippen MR) is 79.6 cm³/mol. The third-order valence-electron chi connectivity index (χ3n) is 2.51. The van der Waals surface area contributed by atoms with Crippen LogP contribution < -0.4 is 0 Å². The molecule has 0 spiro atoms. The Labute approximate surface area is 119 Å². The molecule has 0 aliphatic rings. The van der Waals surface area contributed by atoms with Crippen LogP contribution in [0.2, 0.25) is 0 Å². The molecule has 0 amide bonds. The Bertz CT molecular complexity index is 605. The highest BCUT2D eigenvalue weighted by Gasteiger charge is 2.03. The average Bonchev–Trinajstić information content (AvgIpc) is 2.48. The molecule has 1 unspecified atom stereocenters. The van der Waals surface area contributed by atoms with Gasteiger partial charge in [-0.2, -0.15) is 5.26 Å². The molecular formula is C15H13NOS2. The minimum Gasteiger partial charge on any atom is -0.254 e. The summed E-state index contributed by atoms with van der Waals surface area (Å²) >= 11 is 1.63. The zero-order chi connectivity index (χ0) is 13.5. The van der Waals surface area contributed by atoms with Gasteiger partial charge in [0.05, 0.1) is 22.4 Å². The van der Waals surface area contributed by atoms with E-state index >= 15 is 0 Å². The van der Waals surface area contributed by atoms with E-state index in [1.54, 1.807) is 17.8 Å². The lowest BCUT2D eigenvalue weighted by atomic mass is 10.2. The maximum absolute atomic E-state index is 12.0. The van der Waals surface area contributed by atoms with Gasteiger partial charge in [-0.05, 0) is 30.3 Å². The summed E-state index contributed by atoms with van der Waals surface area (Å²) in [4.78, 5) is 1.91. The molecule has 0 radical (unpaired) electrons. The minimum atomic E-state index is -0.950. The van der Waals surface area contributed by atoms with E-state index in [9.17, 15) is 4.21 Å². The van der Waals surface area contributed by atoms with Crippen LogP contribution in [0.5, 0.6) is 0 Å². The number of hydrogen-bond donors (Lipinski definition) is 0. The average molecular weight is 287 g/mol. The van der Waals surface area contributed by atoms with Crippen molar-refractivity contribution in [2.24, 2.45) is 0 Å². The highest BCUT2D eigenvalue weighted by Crippen LogP contribution is 2.19. The van der Waals surface area contributed by atoms with Crippen molar-refractivity contribution in [1.82, 2.24) is 0 Å². The monoisotopic (exact) mass is 287 g/mol. The Balaban J connectivity index is 1.87. The molecule has 0 aromatic heterocycles. The summed E-state index contributed by atoms with van der Waals surface area (Å²) in [7, 11) is -0.950. The zero-order valence-electron chi connectivity index (χ0n) is 10.3. The molecule has 19 heavy (non-hydrogen) atoms. The second-order valence-corrected chi connectivity index (χ2v) is 6.59. The smallest absolute Gasteiger partial charge is 0.0992 e. The fourth-order valence-electron chi connectivity index (χ4n) is 1.58. The van der Waals surface area contributed by atoms with Gasteiger partial charge in [0.1, 0.15) is 0 Å². The Morgan fingerprint density at radius 2 is 1.89 bits per heavy atom. The lowest BCUT2D eigenvalue weighted by Gasteiger charge is -2.03. The molecule has 96 valence electrons. The molecule has 2 rings (SSSR count). The Hall–Kier alpha value is -1.57. The molecule has 0 bridgehead atoms. The van der Waals surface area contributed by atoms with Crippen molar-refractivity contribution in [1.29, 1.82) is 5.26 Å². The number of thioether (sulfide) groups is 1. The summed E-state index contributed by atoms with van der Waals surface area (Å²) in [6.45, 7) is 0. The molecule has 0 saturated heterocycles. The largest absolute Gasteiger partial charge is 0.254 e. The predicted octanol–water partition coefficient (Wildman–Crippen LogP) is 3.46. The standard InChI is InChI=1S/C15H13NOS2/c16-12-13-5-4-6-14(11-13)18-9-10-19(17)15-7-2-1-3-8-15/h1-8,11H,9-10H2. The summed E-state index contributed by atoms with van der Waals surface area (Å²) in [5.41, 5.74) is 0.661. The van der Waals surface area contributed by atoms with Crippen molar-refractivity contribution in [2.75, 3.05) is 11.5 Å². The Morgan fingerprint density at radius 1 is 1.11 bits per heavy atom. The summed E-state index contributed by atoms with van der Waals surface area (Å²) < 4.78 is 12.0. The molecule has 0 saturated carbocycles. The number of benzene rings is 2. The van der Waals surface area contributed by atoms with Gasteiger partial charge in [-0.25, -0.2) is 0 Å². The van der Waals surface area contributed by atoms with Crippen LogP contribution in [0.25, 0.3) is 0 Å². The lowest BCUT2D eigenvalue weighted by molar-refractivity contribution is 0.684. The van der Waals surface area contributed by atoms with Crippen molar-refractivity contribution in [3.05, 3.63) is 60.2 Å². The van der Waals surface area contributed by atoms with Gasteiger partial charge in [-0.3, -0.25) is 4.21 Å². The van der Waals surface area contributed by atoms with Crippen molar-refractivity contribution >= 4 is 22.6 Å². The highest BCUT2D eigenvalue weighted by atomic mass is 32.2. The van der Waals surface area contributed by atoms with Crippen LogP contribution in [0.1, 0.15) is 5.56 Å². The second-order valence-electron chi connectivity index (χ2n) is 3.85. The van der Waals surface area contributed by atoms with Gasteiger partial charge >= 0.3 is 0 Å². The first kappa shape index (κ1) is 13.9. The molecule has 0 fully saturated rings. The molecule has 2 aromatic carbocycles. The second kappa shape index (κ2) is 7.13. The molecule has 4 heteroatoms. The SMILES string of the molecule is N#Cc1cccc(SCCS(=O)c2ccccc2)c1. The normalized spacial score (nSPS) is 11.7. The van der Waals surface area contributed by atoms with Crippen LogP contribution >= 0.6 is 11.8 Å². The number of hydrogen-bond acceptors (Lipinski definition) is 3. The van der Waals surface area contributed by atoms with Crippen molar-refractivity contribution < 1.29 is 4.21 Å². The molecule has 0 aliphatic heterocycles. The summed E-state index contributed by atoms with van der Waals surface area (Å²) in [6.07, 6.45) is 0. The van der Waals surface area contributed by atoms with Gasteiger partial charge in [0.25, 0.3) is 0 Å². The summed E-state index contributed by atoms with van der Waals surface area (Å²) in [5, 5.41) is 8.82. The van der Waals surface area contributed by atoms with Crippen molar-refractivity contribution in [2.45, 2.75) is 9.79 Å². The van der Waals surface area contributed by atoms with Crippen LogP contribution in [-0.2, 0) is 10.8 Å². The first-order valence-corrected chi connectivity index (χ1v) is 8.16. The lowest BCUT2D eigenvalue weighted by Crippen LogP contribution is -2.00. The van der Waals surface area contributed by atoms with Crippen LogP contribution in [0, 0.1) is 11.3 Å². The van der Waals surface area contributed by atoms with Gasteiger partial charge < -0.3 is 0 Å². The fourth-order valence-corrected chi connectivity index (χ4v) is 3.84. The molecule has 2 aromatic rings. The fraction of sp³-hybridized carbons (Fsp3) is 0.133. The molecular weight excluding hydrogens is 274 g/mol. The molecule has 0 N–H and O–H groups in total. The topological polar surface area (TPSA) is 40.9 Å². The van der Waals surface area contributed by atoms with E-state index in [2.05, 4.69) is 6.07 Å². The van der Waals surface area contributed by atoms with Crippen LogP contribution in [-0.4, -0.2) is 15.7 Å². The maximum Gasteiger partial charge on any atom is 0.0992 e. The van der Waals surface area contributed by atoms with Crippen LogP contribution in [0.3, 0.4) is 0 Å². The van der Waals surface area contributed by atoms with E-state index in [0.29, 0.717) is 11.3 Å². The van der Waals surface area contributed by atoms with Gasteiger partial charge in [-0.15, -0.1) is 11.8 Å². The maximum atomic E-state index is 12.0. The van der Waals surface area contributed by atoms with E-state index in [0.717, 1.165) is 15.5 Å². The van der Waals surface area contributed by atoms with Crippen molar-refractivity contribution in [3.8, 4) is 6.07 Å². The van der Waals surface area contributed by atoms with Gasteiger partial charge in [0, 0.05) is 21.3 Å². The molecule has 1 atom stereocenters. The van der Waals surface area contributed by atoms with Gasteiger partial charge in [0.2, 0.25) is 0 Å². The Morgan fingerprint density at radius 3 is 2.63 bits per heavy atom. The van der Waals surface area contributed by atoms with Crippen LogP contribution in [0.15, 0.2) is 64.4 Å². The number of nitrogens with zero attached hydrogens (tertiary/aromatic N) is 1. The first-order chi connectivity index (χ1) is 9.29. The quantitative estimate of drug-likeness (QED) is 0.791. The molecule has 2 nitrogen and oxygen atoms in total. The summed E-state index contributed by atoms with van der Waals surface area (Å²) in [5.74, 6) is 1.39. The number of rotatable bonds is 5.